The van der Waals surface area contributed by atoms with E-state index in [1.54, 1.807) is 17.5 Å². The monoisotopic (exact) mass is 348 g/mol. The van der Waals surface area contributed by atoms with Gasteiger partial charge in [0.1, 0.15) is 10.8 Å². The van der Waals surface area contributed by atoms with Crippen LogP contribution in [-0.2, 0) is 13.0 Å². The maximum Gasteiger partial charge on any atom is 0.253 e. The minimum atomic E-state index is -0.117. The lowest BCUT2D eigenvalue weighted by molar-refractivity contribution is 0.0950. The van der Waals surface area contributed by atoms with Crippen molar-refractivity contribution in [3.8, 4) is 0 Å². The van der Waals surface area contributed by atoms with Gasteiger partial charge in [0, 0.05) is 23.4 Å². The van der Waals surface area contributed by atoms with Crippen LogP contribution < -0.4 is 10.6 Å². The molecule has 1 aliphatic rings. The minimum Gasteiger partial charge on any atom is -0.366 e. The second-order valence-electron chi connectivity index (χ2n) is 5.41. The first-order valence-corrected chi connectivity index (χ1v) is 9.80. The maximum atomic E-state index is 12.2. The molecule has 0 bridgehead atoms. The summed E-state index contributed by atoms with van der Waals surface area (Å²) < 4.78 is 0. The minimum absolute atomic E-state index is 0.117. The molecule has 1 amide bonds. The van der Waals surface area contributed by atoms with Crippen LogP contribution in [0.1, 0.15) is 34.4 Å². The fraction of sp³-hybridized carbons (Fsp3) is 0.438. The Labute approximate surface area is 144 Å². The van der Waals surface area contributed by atoms with Gasteiger partial charge in [-0.05, 0) is 30.7 Å². The fourth-order valence-electron chi connectivity index (χ4n) is 2.32. The summed E-state index contributed by atoms with van der Waals surface area (Å²) in [6.07, 6.45) is 3.71. The Balaban J connectivity index is 1.52. The zero-order chi connectivity index (χ0) is 16.1. The predicted octanol–water partition coefficient (Wildman–Crippen LogP) is 2.95. The molecule has 1 unspecified atom stereocenters. The van der Waals surface area contributed by atoms with Crippen LogP contribution in [0.25, 0.3) is 0 Å². The largest absolute Gasteiger partial charge is 0.366 e. The number of hydrogen-bond donors (Lipinski definition) is 2. The smallest absolute Gasteiger partial charge is 0.253 e. The van der Waals surface area contributed by atoms with Gasteiger partial charge in [-0.15, -0.1) is 11.3 Å². The molecule has 2 aromatic heterocycles. The van der Waals surface area contributed by atoms with Crippen LogP contribution >= 0.6 is 23.1 Å². The number of nitrogens with one attached hydrogen (secondary N) is 2. The average molecular weight is 348 g/mol. The van der Waals surface area contributed by atoms with Crippen molar-refractivity contribution in [1.82, 2.24) is 15.3 Å². The summed E-state index contributed by atoms with van der Waals surface area (Å²) in [7, 11) is 0. The van der Waals surface area contributed by atoms with E-state index < -0.39 is 0 Å². The highest BCUT2D eigenvalue weighted by atomic mass is 32.2. The number of rotatable bonds is 6. The quantitative estimate of drug-likeness (QED) is 0.840. The van der Waals surface area contributed by atoms with E-state index in [2.05, 4.69) is 27.5 Å². The van der Waals surface area contributed by atoms with Crippen LogP contribution in [0.15, 0.2) is 23.7 Å². The van der Waals surface area contributed by atoms with Crippen molar-refractivity contribution in [3.63, 3.8) is 0 Å². The van der Waals surface area contributed by atoms with Crippen molar-refractivity contribution in [2.75, 3.05) is 16.8 Å². The first kappa shape index (κ1) is 16.3. The molecular formula is C16H20N4OS2. The number of aromatic nitrogens is 2. The highest BCUT2D eigenvalue weighted by molar-refractivity contribution is 7.99. The Morgan fingerprint density at radius 3 is 3.00 bits per heavy atom. The van der Waals surface area contributed by atoms with E-state index in [0.717, 1.165) is 28.7 Å². The average Bonchev–Trinajstić information content (AvgIpc) is 3.24. The zero-order valence-corrected chi connectivity index (χ0v) is 14.7. The van der Waals surface area contributed by atoms with Crippen LogP contribution in [-0.4, -0.2) is 33.4 Å². The second kappa shape index (κ2) is 7.79. The lowest BCUT2D eigenvalue weighted by Gasteiger charge is -2.12. The standard InChI is InChI=1S/C16H20N4OS2/c1-2-12-10-23-15(20-12)8-18-16(21)11-3-4-14(17-7-11)19-13-5-6-22-9-13/h3-4,7,10,13H,2,5-6,8-9H2,1H3,(H,17,19)(H,18,21). The van der Waals surface area contributed by atoms with Gasteiger partial charge in [0.2, 0.25) is 0 Å². The lowest BCUT2D eigenvalue weighted by atomic mass is 10.2. The van der Waals surface area contributed by atoms with Crippen LogP contribution in [0.5, 0.6) is 0 Å². The third-order valence-electron chi connectivity index (χ3n) is 3.67. The molecule has 3 rings (SSSR count). The summed E-state index contributed by atoms with van der Waals surface area (Å²) in [4.78, 5) is 20.9. The molecule has 1 atom stereocenters. The summed E-state index contributed by atoms with van der Waals surface area (Å²) in [5.74, 6) is 3.04. The van der Waals surface area contributed by atoms with Gasteiger partial charge in [-0.3, -0.25) is 4.79 Å². The number of pyridine rings is 1. The number of carbonyl (C=O) groups is 1. The van der Waals surface area contributed by atoms with Gasteiger partial charge in [-0.25, -0.2) is 9.97 Å². The summed E-state index contributed by atoms with van der Waals surface area (Å²) >= 11 is 3.54. The van der Waals surface area contributed by atoms with Gasteiger partial charge in [-0.1, -0.05) is 6.92 Å². The second-order valence-corrected chi connectivity index (χ2v) is 7.50. The maximum absolute atomic E-state index is 12.2. The van der Waals surface area contributed by atoms with Crippen molar-refractivity contribution in [1.29, 1.82) is 0 Å². The number of aryl methyl sites for hydroxylation is 1. The number of nitrogens with zero attached hydrogens (tertiary/aromatic N) is 2. The Kier molecular flexibility index (Phi) is 5.51. The summed E-state index contributed by atoms with van der Waals surface area (Å²) in [5.41, 5.74) is 1.64. The number of amides is 1. The molecule has 1 fully saturated rings. The molecule has 0 spiro atoms. The van der Waals surface area contributed by atoms with Crippen LogP contribution in [0.3, 0.4) is 0 Å². The molecule has 122 valence electrons. The molecule has 7 heteroatoms. The zero-order valence-electron chi connectivity index (χ0n) is 13.0. The van der Waals surface area contributed by atoms with E-state index in [0.29, 0.717) is 18.2 Å². The van der Waals surface area contributed by atoms with Gasteiger partial charge >= 0.3 is 0 Å². The van der Waals surface area contributed by atoms with Crippen LogP contribution in [0.4, 0.5) is 5.82 Å². The van der Waals surface area contributed by atoms with Gasteiger partial charge in [0.05, 0.1) is 17.8 Å². The topological polar surface area (TPSA) is 66.9 Å². The first-order valence-electron chi connectivity index (χ1n) is 7.76. The SMILES string of the molecule is CCc1csc(CNC(=O)c2ccc(NC3CCSC3)nc2)n1. The van der Waals surface area contributed by atoms with E-state index in [9.17, 15) is 4.79 Å². The molecule has 0 aromatic carbocycles. The van der Waals surface area contributed by atoms with Gasteiger partial charge in [0.15, 0.2) is 0 Å². The van der Waals surface area contributed by atoms with Gasteiger partial charge < -0.3 is 10.6 Å². The van der Waals surface area contributed by atoms with E-state index in [1.165, 1.54) is 12.2 Å². The molecule has 0 aliphatic carbocycles. The molecule has 1 aliphatic heterocycles. The van der Waals surface area contributed by atoms with E-state index in [4.69, 9.17) is 0 Å². The van der Waals surface area contributed by atoms with Crippen molar-refractivity contribution >= 4 is 34.8 Å². The Morgan fingerprint density at radius 1 is 1.43 bits per heavy atom. The molecule has 5 nitrogen and oxygen atoms in total. The summed E-state index contributed by atoms with van der Waals surface area (Å²) in [5, 5.41) is 9.26. The number of thioether (sulfide) groups is 1. The number of hydrogen-bond acceptors (Lipinski definition) is 6. The van der Waals surface area contributed by atoms with E-state index in [1.807, 2.05) is 29.3 Å². The number of anilines is 1. The van der Waals surface area contributed by atoms with Crippen molar-refractivity contribution in [2.45, 2.75) is 32.4 Å². The van der Waals surface area contributed by atoms with Crippen molar-refractivity contribution in [3.05, 3.63) is 40.0 Å². The fourth-order valence-corrected chi connectivity index (χ4v) is 4.29. The summed E-state index contributed by atoms with van der Waals surface area (Å²) in [6.45, 7) is 2.53. The first-order chi connectivity index (χ1) is 11.2. The predicted molar refractivity (Wildman–Crippen MR) is 96.3 cm³/mol. The van der Waals surface area contributed by atoms with Crippen molar-refractivity contribution < 1.29 is 4.79 Å². The third kappa shape index (κ3) is 4.45. The number of carbonyl (C=O) groups excluding carboxylic acids is 1. The molecule has 23 heavy (non-hydrogen) atoms. The number of thiazole rings is 1. The molecular weight excluding hydrogens is 328 g/mol. The third-order valence-corrected chi connectivity index (χ3v) is 5.73. The molecule has 0 radical (unpaired) electrons. The Morgan fingerprint density at radius 2 is 2.35 bits per heavy atom. The Bertz CT molecular complexity index is 650. The molecule has 3 heterocycles. The van der Waals surface area contributed by atoms with E-state index in [-0.39, 0.29) is 5.91 Å². The highest BCUT2D eigenvalue weighted by Crippen LogP contribution is 2.20. The molecule has 2 N–H and O–H groups in total. The molecule has 0 saturated carbocycles. The van der Waals surface area contributed by atoms with Gasteiger partial charge in [0.25, 0.3) is 5.91 Å². The molecule has 1 saturated heterocycles. The highest BCUT2D eigenvalue weighted by Gasteiger charge is 2.15. The van der Waals surface area contributed by atoms with Crippen LogP contribution in [0.2, 0.25) is 0 Å². The molecule has 2 aromatic rings. The van der Waals surface area contributed by atoms with Crippen LogP contribution in [0, 0.1) is 0 Å². The van der Waals surface area contributed by atoms with Gasteiger partial charge in [-0.2, -0.15) is 11.8 Å². The summed E-state index contributed by atoms with van der Waals surface area (Å²) in [6, 6.07) is 4.17. The normalized spacial score (nSPS) is 17.2. The van der Waals surface area contributed by atoms with Crippen molar-refractivity contribution in [2.24, 2.45) is 0 Å². The Hall–Kier alpha value is -1.60. The lowest BCUT2D eigenvalue weighted by Crippen LogP contribution is -2.23. The van der Waals surface area contributed by atoms with E-state index >= 15 is 0 Å².